The number of hydrogen-bond donors (Lipinski definition) is 0. The van der Waals surface area contributed by atoms with Crippen molar-refractivity contribution >= 4 is 0 Å². The van der Waals surface area contributed by atoms with Gasteiger partial charge in [0.05, 0.1) is 0 Å². The van der Waals surface area contributed by atoms with Crippen molar-refractivity contribution in [2.75, 3.05) is 0 Å². The molecule has 1 fully saturated rings. The highest BCUT2D eigenvalue weighted by Gasteiger charge is 2.25. The van der Waals surface area contributed by atoms with E-state index in [1.165, 1.54) is 44.9 Å². The molecule has 0 unspecified atom stereocenters. The average Bonchev–Trinajstić information content (AvgIpc) is 2.47. The highest BCUT2D eigenvalue weighted by Crippen LogP contribution is 2.39. The molecule has 0 atom stereocenters. The van der Waals surface area contributed by atoms with E-state index in [2.05, 4.69) is 24.3 Å². The van der Waals surface area contributed by atoms with Gasteiger partial charge in [-0.15, -0.1) is 0 Å². The van der Waals surface area contributed by atoms with Crippen LogP contribution in [-0.4, -0.2) is 0 Å². The Bertz CT molecular complexity index is 176. The molecule has 0 bridgehead atoms. The van der Waals surface area contributed by atoms with Crippen LogP contribution in [0.5, 0.6) is 0 Å². The van der Waals surface area contributed by atoms with E-state index < -0.39 is 0 Å². The summed E-state index contributed by atoms with van der Waals surface area (Å²) in [5.74, 6) is 0. The van der Waals surface area contributed by atoms with Crippen molar-refractivity contribution in [2.45, 2.75) is 44.9 Å². The molecule has 0 heteroatoms. The second kappa shape index (κ2) is 3.47. The maximum Gasteiger partial charge on any atom is 0.00671 e. The molecule has 2 aliphatic rings. The molecule has 12 heavy (non-hydrogen) atoms. The van der Waals surface area contributed by atoms with Crippen LogP contribution in [0.4, 0.5) is 0 Å². The van der Waals surface area contributed by atoms with Crippen LogP contribution in [0.2, 0.25) is 0 Å². The van der Waals surface area contributed by atoms with Gasteiger partial charge in [0.25, 0.3) is 0 Å². The molecule has 1 saturated carbocycles. The molecule has 0 aromatic carbocycles. The first-order valence-electron chi connectivity index (χ1n) is 5.28. The van der Waals surface area contributed by atoms with E-state index in [0.29, 0.717) is 5.41 Å². The summed E-state index contributed by atoms with van der Waals surface area (Å²) in [5.41, 5.74) is 0.487. The largest absolute Gasteiger partial charge is 0.0745 e. The average molecular weight is 162 g/mol. The summed E-state index contributed by atoms with van der Waals surface area (Å²) in [6.07, 6.45) is 19.3. The predicted molar refractivity (Wildman–Crippen MR) is 53.0 cm³/mol. The lowest BCUT2D eigenvalue weighted by Gasteiger charge is -2.27. The number of hydrogen-bond acceptors (Lipinski definition) is 0. The van der Waals surface area contributed by atoms with E-state index in [1.807, 2.05) is 0 Å². The summed E-state index contributed by atoms with van der Waals surface area (Å²) in [7, 11) is 0. The van der Waals surface area contributed by atoms with Crippen molar-refractivity contribution in [2.24, 2.45) is 5.41 Å². The van der Waals surface area contributed by atoms with Crippen molar-refractivity contribution < 1.29 is 0 Å². The fourth-order valence-electron chi connectivity index (χ4n) is 2.45. The van der Waals surface area contributed by atoms with Gasteiger partial charge >= 0.3 is 0 Å². The summed E-state index contributed by atoms with van der Waals surface area (Å²) in [6, 6.07) is 0. The Kier molecular flexibility index (Phi) is 2.34. The molecule has 2 rings (SSSR count). The van der Waals surface area contributed by atoms with Crippen LogP contribution in [-0.2, 0) is 0 Å². The Labute approximate surface area is 75.4 Å². The van der Waals surface area contributed by atoms with Crippen molar-refractivity contribution in [3.05, 3.63) is 24.3 Å². The third-order valence-electron chi connectivity index (χ3n) is 3.25. The highest BCUT2D eigenvalue weighted by atomic mass is 14.3. The summed E-state index contributed by atoms with van der Waals surface area (Å²) in [5, 5.41) is 0. The van der Waals surface area contributed by atoms with Gasteiger partial charge in [-0.2, -0.15) is 0 Å². The molecule has 0 aromatic rings. The van der Waals surface area contributed by atoms with Crippen LogP contribution < -0.4 is 0 Å². The maximum absolute atomic E-state index is 2.42. The van der Waals surface area contributed by atoms with Crippen molar-refractivity contribution in [3.63, 3.8) is 0 Å². The van der Waals surface area contributed by atoms with E-state index >= 15 is 0 Å². The second-order valence-corrected chi connectivity index (χ2v) is 4.22. The van der Waals surface area contributed by atoms with Crippen LogP contribution in [0, 0.1) is 5.41 Å². The first kappa shape index (κ1) is 8.10. The highest BCUT2D eigenvalue weighted by molar-refractivity contribution is 5.24. The molecule has 0 saturated heterocycles. The molecule has 0 amide bonds. The number of allylic oxidation sites excluding steroid dienone is 4. The molecule has 0 heterocycles. The Morgan fingerprint density at radius 1 is 0.667 bits per heavy atom. The van der Waals surface area contributed by atoms with Gasteiger partial charge in [0.2, 0.25) is 0 Å². The minimum atomic E-state index is 0.487. The van der Waals surface area contributed by atoms with Gasteiger partial charge in [-0.05, 0) is 12.8 Å². The van der Waals surface area contributed by atoms with Gasteiger partial charge in [-0.1, -0.05) is 56.4 Å². The zero-order valence-electron chi connectivity index (χ0n) is 7.76. The zero-order valence-corrected chi connectivity index (χ0v) is 7.76. The Morgan fingerprint density at radius 2 is 1.17 bits per heavy atom. The van der Waals surface area contributed by atoms with Crippen LogP contribution in [0.3, 0.4) is 0 Å². The third-order valence-corrected chi connectivity index (χ3v) is 3.25. The smallest absolute Gasteiger partial charge is 0.00671 e. The third kappa shape index (κ3) is 1.63. The number of rotatable bonds is 0. The van der Waals surface area contributed by atoms with Gasteiger partial charge in [0.1, 0.15) is 0 Å². The summed E-state index contributed by atoms with van der Waals surface area (Å²) in [6.45, 7) is 0. The molecular weight excluding hydrogens is 144 g/mol. The summed E-state index contributed by atoms with van der Waals surface area (Å²) in [4.78, 5) is 0. The fourth-order valence-corrected chi connectivity index (χ4v) is 2.45. The van der Waals surface area contributed by atoms with E-state index in [0.717, 1.165) is 0 Å². The molecule has 0 aliphatic heterocycles. The zero-order chi connectivity index (χ0) is 8.28. The van der Waals surface area contributed by atoms with Gasteiger partial charge in [0.15, 0.2) is 0 Å². The molecule has 0 aromatic heterocycles. The van der Waals surface area contributed by atoms with Crippen LogP contribution in [0.25, 0.3) is 0 Å². The second-order valence-electron chi connectivity index (χ2n) is 4.22. The minimum absolute atomic E-state index is 0.487. The van der Waals surface area contributed by atoms with Gasteiger partial charge in [0, 0.05) is 5.41 Å². The molecule has 0 nitrogen and oxygen atoms in total. The van der Waals surface area contributed by atoms with Crippen molar-refractivity contribution in [1.82, 2.24) is 0 Å². The van der Waals surface area contributed by atoms with E-state index in [-0.39, 0.29) is 0 Å². The Hall–Kier alpha value is -0.520. The van der Waals surface area contributed by atoms with Crippen LogP contribution in [0.15, 0.2) is 24.3 Å². The van der Waals surface area contributed by atoms with Crippen LogP contribution >= 0.6 is 0 Å². The first-order chi connectivity index (χ1) is 5.91. The lowest BCUT2D eigenvalue weighted by molar-refractivity contribution is 0.352. The lowest BCUT2D eigenvalue weighted by atomic mass is 9.78. The van der Waals surface area contributed by atoms with E-state index in [9.17, 15) is 0 Å². The van der Waals surface area contributed by atoms with Gasteiger partial charge in [-0.3, -0.25) is 0 Å². The Morgan fingerprint density at radius 3 is 1.75 bits per heavy atom. The van der Waals surface area contributed by atoms with Gasteiger partial charge < -0.3 is 0 Å². The van der Waals surface area contributed by atoms with Crippen LogP contribution in [0.1, 0.15) is 44.9 Å². The summed E-state index contributed by atoms with van der Waals surface area (Å²) >= 11 is 0. The predicted octanol–water partition coefficient (Wildman–Crippen LogP) is 3.84. The quantitative estimate of drug-likeness (QED) is 0.507. The SMILES string of the molecule is C1=CC2(C=C1)CCCCCCC2. The van der Waals surface area contributed by atoms with Crippen molar-refractivity contribution in [1.29, 1.82) is 0 Å². The van der Waals surface area contributed by atoms with Gasteiger partial charge in [-0.25, -0.2) is 0 Å². The normalized spacial score (nSPS) is 27.3. The molecule has 2 aliphatic carbocycles. The molecule has 66 valence electrons. The summed E-state index contributed by atoms with van der Waals surface area (Å²) < 4.78 is 0. The molecule has 0 radical (unpaired) electrons. The molecular formula is C12H18. The van der Waals surface area contributed by atoms with Crippen molar-refractivity contribution in [3.8, 4) is 0 Å². The monoisotopic (exact) mass is 162 g/mol. The fraction of sp³-hybridized carbons (Fsp3) is 0.667. The lowest BCUT2D eigenvalue weighted by Crippen LogP contribution is -2.14. The Balaban J connectivity index is 2.02. The molecule has 1 spiro atoms. The molecule has 0 N–H and O–H groups in total. The topological polar surface area (TPSA) is 0 Å². The van der Waals surface area contributed by atoms with E-state index in [1.54, 1.807) is 0 Å². The maximum atomic E-state index is 2.42. The standard InChI is InChI=1S/C12H18/c1-2-4-8-12(9-5-3-1)10-6-7-11-12/h6-7,10-11H,1-5,8-9H2. The van der Waals surface area contributed by atoms with E-state index in [4.69, 9.17) is 0 Å². The minimum Gasteiger partial charge on any atom is -0.0745 e. The first-order valence-corrected chi connectivity index (χ1v) is 5.28.